The Morgan fingerprint density at radius 3 is 2.34 bits per heavy atom. The van der Waals surface area contributed by atoms with E-state index in [2.05, 4.69) is 27.1 Å². The number of benzene rings is 1. The molecule has 0 spiro atoms. The van der Waals surface area contributed by atoms with Gasteiger partial charge < -0.3 is 15.0 Å². The molecule has 204 valence electrons. The minimum Gasteiger partial charge on any atom is -0.493 e. The van der Waals surface area contributed by atoms with Gasteiger partial charge in [0, 0.05) is 37.1 Å². The third kappa shape index (κ3) is 5.52. The number of nitrogens with one attached hydrogen (secondary N) is 1. The normalized spacial score (nSPS) is 28.5. The number of halogens is 1. The summed E-state index contributed by atoms with van der Waals surface area (Å²) in [5.41, 5.74) is 1.18. The summed E-state index contributed by atoms with van der Waals surface area (Å²) >= 11 is 0. The number of anilines is 1. The molecule has 0 atom stereocenters. The van der Waals surface area contributed by atoms with Crippen LogP contribution in [-0.4, -0.2) is 41.1 Å². The number of amides is 1. The Kier molecular flexibility index (Phi) is 7.28. The van der Waals surface area contributed by atoms with E-state index in [1.807, 2.05) is 12.4 Å². The smallest absolute Gasteiger partial charge is 0.254 e. The molecule has 1 aliphatic heterocycles. The minimum absolute atomic E-state index is 0.115. The van der Waals surface area contributed by atoms with Crippen LogP contribution in [0.1, 0.15) is 87.1 Å². The Hall–Kier alpha value is -2.70. The van der Waals surface area contributed by atoms with E-state index in [0.29, 0.717) is 18.3 Å². The highest BCUT2D eigenvalue weighted by Gasteiger charge is 2.51. The predicted molar refractivity (Wildman–Crippen MR) is 146 cm³/mol. The lowest BCUT2D eigenvalue weighted by Gasteiger charge is -2.56. The summed E-state index contributed by atoms with van der Waals surface area (Å²) in [6.45, 7) is 4.63. The summed E-state index contributed by atoms with van der Waals surface area (Å²) in [6, 6.07) is 4.70. The summed E-state index contributed by atoms with van der Waals surface area (Å²) in [5.74, 6) is 3.44. The zero-order chi connectivity index (χ0) is 26.1. The molecule has 5 aliphatic rings. The van der Waals surface area contributed by atoms with Gasteiger partial charge in [-0.05, 0) is 112 Å². The highest BCUT2D eigenvalue weighted by atomic mass is 19.1. The van der Waals surface area contributed by atoms with Crippen LogP contribution in [0, 0.1) is 29.5 Å². The van der Waals surface area contributed by atoms with Crippen molar-refractivity contribution < 1.29 is 13.9 Å². The number of nitrogens with zero attached hydrogens (tertiary/aromatic N) is 3. The van der Waals surface area contributed by atoms with Gasteiger partial charge in [-0.3, -0.25) is 4.79 Å². The fourth-order valence-corrected chi connectivity index (χ4v) is 8.02. The lowest BCUT2D eigenvalue weighted by atomic mass is 9.53. The molecule has 2 heterocycles. The highest BCUT2D eigenvalue weighted by molar-refractivity contribution is 5.95. The van der Waals surface area contributed by atoms with Crippen molar-refractivity contribution in [2.24, 2.45) is 23.7 Å². The summed E-state index contributed by atoms with van der Waals surface area (Å²) < 4.78 is 20.8. The van der Waals surface area contributed by atoms with Gasteiger partial charge in [0.05, 0.1) is 12.2 Å². The Labute approximate surface area is 225 Å². The van der Waals surface area contributed by atoms with Crippen molar-refractivity contribution in [1.29, 1.82) is 0 Å². The number of rotatable bonds is 9. The maximum absolute atomic E-state index is 14.9. The second-order valence-electron chi connectivity index (χ2n) is 12.5. The van der Waals surface area contributed by atoms with Crippen LogP contribution in [0.4, 0.5) is 10.3 Å². The van der Waals surface area contributed by atoms with Crippen LogP contribution in [0.2, 0.25) is 0 Å². The second-order valence-corrected chi connectivity index (χ2v) is 12.5. The van der Waals surface area contributed by atoms with Crippen LogP contribution in [0.3, 0.4) is 0 Å². The van der Waals surface area contributed by atoms with E-state index in [1.54, 1.807) is 12.1 Å². The van der Waals surface area contributed by atoms with Crippen LogP contribution >= 0.6 is 0 Å². The predicted octanol–water partition coefficient (Wildman–Crippen LogP) is 5.95. The van der Waals surface area contributed by atoms with E-state index in [0.717, 1.165) is 88.2 Å². The van der Waals surface area contributed by atoms with Crippen molar-refractivity contribution >= 4 is 11.9 Å². The number of ether oxygens (including phenoxy) is 1. The number of piperidine rings is 1. The molecule has 7 rings (SSSR count). The molecule has 1 aromatic carbocycles. The van der Waals surface area contributed by atoms with E-state index < -0.39 is 5.82 Å². The fraction of sp³-hybridized carbons (Fsp3) is 0.645. The van der Waals surface area contributed by atoms with Crippen LogP contribution in [0.25, 0.3) is 0 Å². The molecule has 0 radical (unpaired) electrons. The van der Waals surface area contributed by atoms with Gasteiger partial charge in [-0.2, -0.15) is 0 Å². The highest BCUT2D eigenvalue weighted by Crippen LogP contribution is 2.55. The molecule has 1 N–H and O–H groups in total. The Morgan fingerprint density at radius 2 is 1.74 bits per heavy atom. The van der Waals surface area contributed by atoms with Crippen molar-refractivity contribution in [2.45, 2.75) is 83.1 Å². The molecule has 2 aromatic rings. The van der Waals surface area contributed by atoms with Crippen molar-refractivity contribution in [1.82, 2.24) is 15.3 Å². The number of carbonyl (C=O) groups is 1. The topological polar surface area (TPSA) is 67.4 Å². The van der Waals surface area contributed by atoms with Gasteiger partial charge in [0.25, 0.3) is 5.91 Å². The third-order valence-electron chi connectivity index (χ3n) is 9.62. The molecule has 4 aliphatic carbocycles. The van der Waals surface area contributed by atoms with E-state index in [9.17, 15) is 9.18 Å². The molecule has 6 nitrogen and oxygen atoms in total. The monoisotopic (exact) mass is 520 g/mol. The Balaban J connectivity index is 0.937. The fourth-order valence-electron chi connectivity index (χ4n) is 8.02. The molecular formula is C31H41FN4O2. The average molecular weight is 521 g/mol. The molecule has 4 bridgehead atoms. The van der Waals surface area contributed by atoms with E-state index in [-0.39, 0.29) is 17.0 Å². The molecule has 5 fully saturated rings. The second kappa shape index (κ2) is 10.8. The number of hydrogen-bond acceptors (Lipinski definition) is 5. The van der Waals surface area contributed by atoms with Crippen LogP contribution < -0.4 is 15.0 Å². The van der Waals surface area contributed by atoms with E-state index in [4.69, 9.17) is 4.74 Å². The molecule has 1 aromatic heterocycles. The summed E-state index contributed by atoms with van der Waals surface area (Å²) in [5, 5.41) is 3.28. The van der Waals surface area contributed by atoms with Gasteiger partial charge in [0.1, 0.15) is 11.6 Å². The molecular weight excluding hydrogens is 479 g/mol. The maximum atomic E-state index is 14.9. The zero-order valence-corrected chi connectivity index (χ0v) is 22.6. The maximum Gasteiger partial charge on any atom is 0.254 e. The van der Waals surface area contributed by atoms with Gasteiger partial charge in [0.15, 0.2) is 0 Å². The molecule has 1 amide bonds. The van der Waals surface area contributed by atoms with Gasteiger partial charge in [-0.15, -0.1) is 0 Å². The Bertz CT molecular complexity index is 1090. The van der Waals surface area contributed by atoms with Crippen LogP contribution in [-0.2, 0) is 6.42 Å². The Morgan fingerprint density at radius 1 is 1.08 bits per heavy atom. The van der Waals surface area contributed by atoms with Crippen molar-refractivity contribution in [2.75, 3.05) is 24.6 Å². The molecule has 1 saturated heterocycles. The van der Waals surface area contributed by atoms with E-state index >= 15 is 0 Å². The molecule has 4 saturated carbocycles. The minimum atomic E-state index is -0.494. The van der Waals surface area contributed by atoms with Gasteiger partial charge in [-0.1, -0.05) is 6.92 Å². The zero-order valence-electron chi connectivity index (χ0n) is 22.6. The summed E-state index contributed by atoms with van der Waals surface area (Å²) in [7, 11) is 0. The van der Waals surface area contributed by atoms with Crippen molar-refractivity contribution in [3.8, 4) is 5.75 Å². The van der Waals surface area contributed by atoms with Crippen LogP contribution in [0.5, 0.6) is 5.75 Å². The third-order valence-corrected chi connectivity index (χ3v) is 9.62. The molecule has 7 heteroatoms. The number of aromatic nitrogens is 2. The number of carbonyl (C=O) groups excluding carboxylic acids is 1. The van der Waals surface area contributed by atoms with Crippen molar-refractivity contribution in [3.63, 3.8) is 0 Å². The van der Waals surface area contributed by atoms with Gasteiger partial charge in [-0.25, -0.2) is 14.4 Å². The van der Waals surface area contributed by atoms with E-state index in [1.165, 1.54) is 30.9 Å². The lowest BCUT2D eigenvalue weighted by molar-refractivity contribution is -0.0167. The number of hydrogen-bond donors (Lipinski definition) is 1. The quantitative estimate of drug-likeness (QED) is 0.414. The summed E-state index contributed by atoms with van der Waals surface area (Å²) in [6.07, 6.45) is 16.2. The first-order chi connectivity index (χ1) is 18.5. The molecule has 38 heavy (non-hydrogen) atoms. The van der Waals surface area contributed by atoms with Crippen molar-refractivity contribution in [3.05, 3.63) is 47.5 Å². The first-order valence-corrected chi connectivity index (χ1v) is 14.8. The lowest BCUT2D eigenvalue weighted by Crippen LogP contribution is -2.59. The standard InChI is InChI=1S/C31H41FN4O2/c1-2-21-19-33-30(34-20-21)36-9-7-22(8-10-36)4-3-11-38-26-5-6-27(28(32)15-26)29(37)35-31-16-23-12-24(17-31)14-25(13-23)18-31/h5-6,15,19-20,22-25H,2-4,7-14,16-18H2,1H3,(H,35,37). The number of aryl methyl sites for hydroxylation is 1. The first-order valence-electron chi connectivity index (χ1n) is 14.8. The van der Waals surface area contributed by atoms with Crippen LogP contribution in [0.15, 0.2) is 30.6 Å². The van der Waals surface area contributed by atoms with Gasteiger partial charge in [0.2, 0.25) is 5.95 Å². The summed E-state index contributed by atoms with van der Waals surface area (Å²) in [4.78, 5) is 24.3. The first kappa shape index (κ1) is 25.6. The average Bonchev–Trinajstić information content (AvgIpc) is 2.90. The van der Waals surface area contributed by atoms with Gasteiger partial charge >= 0.3 is 0 Å². The largest absolute Gasteiger partial charge is 0.493 e. The SMILES string of the molecule is CCc1cnc(N2CCC(CCCOc3ccc(C(=O)NC45CC6CC(CC(C6)C4)C5)c(F)c3)CC2)nc1. The molecule has 0 unspecified atom stereocenters.